The summed E-state index contributed by atoms with van der Waals surface area (Å²) in [6.07, 6.45) is 0.936. The second-order valence-corrected chi connectivity index (χ2v) is 6.93. The Morgan fingerprint density at radius 3 is 2.59 bits per heavy atom. The molecule has 0 radical (unpaired) electrons. The summed E-state index contributed by atoms with van der Waals surface area (Å²) in [5, 5.41) is 0. The van der Waals surface area contributed by atoms with E-state index >= 15 is 0 Å². The van der Waals surface area contributed by atoms with Gasteiger partial charge in [0, 0.05) is 10.7 Å². The van der Waals surface area contributed by atoms with E-state index in [9.17, 15) is 9.59 Å². The maximum atomic E-state index is 12.7. The van der Waals surface area contributed by atoms with Gasteiger partial charge < -0.3 is 4.74 Å². The maximum Gasteiger partial charge on any atom is 0.417 e. The lowest BCUT2D eigenvalue weighted by molar-refractivity contribution is -0.132. The largest absolute Gasteiger partial charge is 0.439 e. The predicted octanol–water partition coefficient (Wildman–Crippen LogP) is 4.29. The molecule has 0 saturated carbocycles. The number of carbonyl (C=O) groups is 2. The van der Waals surface area contributed by atoms with Gasteiger partial charge in [-0.2, -0.15) is 0 Å². The molecule has 4 nitrogen and oxygen atoms in total. The van der Waals surface area contributed by atoms with E-state index in [0.717, 1.165) is 18.4 Å². The van der Waals surface area contributed by atoms with Crippen LogP contribution in [0.5, 0.6) is 0 Å². The summed E-state index contributed by atoms with van der Waals surface area (Å²) in [4.78, 5) is 26.2. The van der Waals surface area contributed by atoms with E-state index in [0.29, 0.717) is 0 Å². The third-order valence-corrected chi connectivity index (χ3v) is 5.38. The number of ether oxygens (including phenoxy) is 1. The first-order valence-corrected chi connectivity index (χ1v) is 8.61. The van der Waals surface area contributed by atoms with Gasteiger partial charge in [-0.25, -0.2) is 9.69 Å². The molecule has 4 atom stereocenters. The molecule has 1 saturated heterocycles. The second-order valence-electron chi connectivity index (χ2n) is 5.76. The molecule has 2 rings (SSSR count). The van der Waals surface area contributed by atoms with Crippen LogP contribution < -0.4 is 0 Å². The molecule has 0 unspecified atom stereocenters. The zero-order valence-corrected chi connectivity index (χ0v) is 14.7. The summed E-state index contributed by atoms with van der Waals surface area (Å²) >= 11 is 3.55. The fourth-order valence-corrected chi connectivity index (χ4v) is 3.43. The second kappa shape index (κ2) is 7.27. The number of benzene rings is 1. The van der Waals surface area contributed by atoms with Crippen molar-refractivity contribution in [3.63, 3.8) is 0 Å². The quantitative estimate of drug-likeness (QED) is 0.729. The highest BCUT2D eigenvalue weighted by Crippen LogP contribution is 2.34. The first-order valence-electron chi connectivity index (χ1n) is 7.70. The van der Waals surface area contributed by atoms with Gasteiger partial charge in [-0.1, -0.05) is 66.5 Å². The van der Waals surface area contributed by atoms with Gasteiger partial charge in [0.2, 0.25) is 5.91 Å². The average Bonchev–Trinajstić information content (AvgIpc) is 2.82. The molecule has 1 aliphatic heterocycles. The molecule has 0 aromatic heterocycles. The van der Waals surface area contributed by atoms with E-state index < -0.39 is 12.2 Å². The van der Waals surface area contributed by atoms with Crippen molar-refractivity contribution in [2.75, 3.05) is 0 Å². The minimum Gasteiger partial charge on any atom is -0.439 e. The monoisotopic (exact) mass is 367 g/mol. The van der Waals surface area contributed by atoms with Gasteiger partial charge in [-0.05, 0) is 18.9 Å². The molecule has 1 aromatic carbocycles. The van der Waals surface area contributed by atoms with Gasteiger partial charge >= 0.3 is 6.09 Å². The van der Waals surface area contributed by atoms with Crippen LogP contribution in [0.25, 0.3) is 0 Å². The lowest BCUT2D eigenvalue weighted by atomic mass is 9.99. The van der Waals surface area contributed by atoms with Gasteiger partial charge in [0.15, 0.2) is 0 Å². The van der Waals surface area contributed by atoms with Crippen molar-refractivity contribution in [2.45, 2.75) is 50.6 Å². The van der Waals surface area contributed by atoms with Crippen LogP contribution >= 0.6 is 15.9 Å². The molecule has 22 heavy (non-hydrogen) atoms. The number of hydrogen-bond acceptors (Lipinski definition) is 3. The number of carbonyl (C=O) groups excluding carboxylic acids is 2. The number of rotatable bonds is 5. The Kier molecular flexibility index (Phi) is 5.62. The van der Waals surface area contributed by atoms with E-state index in [2.05, 4.69) is 22.9 Å². The van der Waals surface area contributed by atoms with Crippen LogP contribution in [0.3, 0.4) is 0 Å². The van der Waals surface area contributed by atoms with Crippen LogP contribution in [0.4, 0.5) is 4.79 Å². The summed E-state index contributed by atoms with van der Waals surface area (Å²) in [5.41, 5.74) is 0.912. The van der Waals surface area contributed by atoms with Crippen molar-refractivity contribution in [3.8, 4) is 0 Å². The van der Waals surface area contributed by atoms with E-state index in [1.54, 1.807) is 0 Å². The van der Waals surface area contributed by atoms with Crippen molar-refractivity contribution in [1.29, 1.82) is 0 Å². The van der Waals surface area contributed by atoms with E-state index in [1.165, 1.54) is 4.90 Å². The highest BCUT2D eigenvalue weighted by atomic mass is 79.9. The summed E-state index contributed by atoms with van der Waals surface area (Å²) < 4.78 is 5.43. The predicted molar refractivity (Wildman–Crippen MR) is 88.8 cm³/mol. The van der Waals surface area contributed by atoms with Crippen LogP contribution in [0.15, 0.2) is 30.3 Å². The topological polar surface area (TPSA) is 46.6 Å². The van der Waals surface area contributed by atoms with Crippen molar-refractivity contribution in [1.82, 2.24) is 4.90 Å². The summed E-state index contributed by atoms with van der Waals surface area (Å²) in [6, 6.07) is 9.24. The Hall–Kier alpha value is -1.36. The Morgan fingerprint density at radius 2 is 2.00 bits per heavy atom. The molecule has 2 amide bonds. The zero-order valence-electron chi connectivity index (χ0n) is 13.2. The third-order valence-electron chi connectivity index (χ3n) is 4.13. The molecular formula is C17H22BrNO3. The van der Waals surface area contributed by atoms with Crippen LogP contribution in [-0.2, 0) is 9.53 Å². The number of amides is 2. The minimum absolute atomic E-state index is 0.0702. The highest BCUT2D eigenvalue weighted by molar-refractivity contribution is 9.09. The number of nitrogens with zero attached hydrogens (tertiary/aromatic N) is 1. The number of halogens is 1. The molecule has 0 N–H and O–H groups in total. The molecule has 1 fully saturated rings. The maximum absolute atomic E-state index is 12.7. The molecule has 1 heterocycles. The van der Waals surface area contributed by atoms with Crippen LogP contribution in [0.2, 0.25) is 0 Å². The number of imide groups is 1. The summed E-state index contributed by atoms with van der Waals surface area (Å²) in [6.45, 7) is 5.78. The molecule has 0 spiro atoms. The lowest BCUT2D eigenvalue weighted by Crippen LogP contribution is -2.43. The Labute approximate surface area is 140 Å². The molecule has 5 heteroatoms. The normalized spacial score (nSPS) is 24.0. The van der Waals surface area contributed by atoms with Gasteiger partial charge in [0.1, 0.15) is 6.10 Å². The van der Waals surface area contributed by atoms with Crippen LogP contribution in [0, 0.1) is 5.92 Å². The molecule has 120 valence electrons. The van der Waals surface area contributed by atoms with Crippen molar-refractivity contribution in [2.24, 2.45) is 5.92 Å². The smallest absolute Gasteiger partial charge is 0.417 e. The van der Waals surface area contributed by atoms with Crippen LogP contribution in [0.1, 0.15) is 45.3 Å². The lowest BCUT2D eigenvalue weighted by Gasteiger charge is -2.24. The van der Waals surface area contributed by atoms with Crippen molar-refractivity contribution < 1.29 is 14.3 Å². The molecular weight excluding hydrogens is 346 g/mol. The molecule has 1 aliphatic rings. The fraction of sp³-hybridized carbons (Fsp3) is 0.529. The summed E-state index contributed by atoms with van der Waals surface area (Å²) in [5.74, 6) is -0.435. The Balaban J connectivity index is 2.15. The first kappa shape index (κ1) is 17.0. The number of cyclic esters (lactones) is 1. The van der Waals surface area contributed by atoms with Crippen molar-refractivity contribution >= 4 is 27.9 Å². The minimum atomic E-state index is -0.547. The van der Waals surface area contributed by atoms with Crippen molar-refractivity contribution in [3.05, 3.63) is 35.9 Å². The Morgan fingerprint density at radius 1 is 1.36 bits per heavy atom. The van der Waals surface area contributed by atoms with Gasteiger partial charge in [-0.15, -0.1) is 0 Å². The molecule has 0 bridgehead atoms. The standard InChI is InChI=1S/C17H22BrNO3/c1-4-8-14(18)11(2)16(20)19-12(3)15(22-17(19)21)13-9-6-5-7-10-13/h5-7,9-12,14-15H,4,8H2,1-3H3/t11-,12-,14-,15-/m1/s1. The van der Waals surface area contributed by atoms with E-state index in [4.69, 9.17) is 4.74 Å². The third kappa shape index (κ3) is 3.35. The van der Waals surface area contributed by atoms with Gasteiger partial charge in [-0.3, -0.25) is 4.79 Å². The molecule has 0 aliphatic carbocycles. The number of alkyl halides is 1. The average molecular weight is 368 g/mol. The first-order chi connectivity index (χ1) is 10.5. The van der Waals surface area contributed by atoms with Crippen LogP contribution in [-0.4, -0.2) is 27.8 Å². The Bertz CT molecular complexity index is 534. The SMILES string of the molecule is CCC[C@@H](Br)[C@@H](C)C(=O)N1C(=O)O[C@@H](c2ccccc2)[C@H]1C. The summed E-state index contributed by atoms with van der Waals surface area (Å²) in [7, 11) is 0. The van der Waals surface area contributed by atoms with Gasteiger partial charge in [0.25, 0.3) is 0 Å². The van der Waals surface area contributed by atoms with Gasteiger partial charge in [0.05, 0.1) is 6.04 Å². The molecule has 1 aromatic rings. The zero-order chi connectivity index (χ0) is 16.3. The van der Waals surface area contributed by atoms with E-state index in [-0.39, 0.29) is 22.7 Å². The fourth-order valence-electron chi connectivity index (χ4n) is 2.75. The highest BCUT2D eigenvalue weighted by Gasteiger charge is 2.45. The number of hydrogen-bond donors (Lipinski definition) is 0. The van der Waals surface area contributed by atoms with E-state index in [1.807, 2.05) is 44.2 Å².